The van der Waals surface area contributed by atoms with E-state index in [0.29, 0.717) is 31.3 Å². The van der Waals surface area contributed by atoms with Crippen molar-refractivity contribution in [3.8, 4) is 0 Å². The highest BCUT2D eigenvalue weighted by molar-refractivity contribution is 7.48. The minimum absolute atomic E-state index is 0.176. The number of carbonyl (C=O) groups is 1. The van der Waals surface area contributed by atoms with Gasteiger partial charge in [0.1, 0.15) is 0 Å². The average Bonchev–Trinajstić information content (AvgIpc) is 3.39. The molecule has 0 unspecified atom stereocenters. The zero-order valence-corrected chi connectivity index (χ0v) is 26.8. The second kappa shape index (κ2) is 15.5. The Morgan fingerprint density at radius 1 is 0.816 bits per heavy atom. The lowest BCUT2D eigenvalue weighted by atomic mass is 9.91. The molecule has 0 aromatic heterocycles. The zero-order chi connectivity index (χ0) is 28.3. The minimum atomic E-state index is -3.76. The summed E-state index contributed by atoms with van der Waals surface area (Å²) in [5.74, 6) is 0.176. The van der Waals surface area contributed by atoms with Crippen LogP contribution < -0.4 is 0 Å². The van der Waals surface area contributed by atoms with Gasteiger partial charge in [-0.2, -0.15) is 0 Å². The fourth-order valence-corrected chi connectivity index (χ4v) is 7.50. The molecule has 1 saturated carbocycles. The van der Waals surface area contributed by atoms with Crippen molar-refractivity contribution in [3.05, 3.63) is 0 Å². The lowest BCUT2D eigenvalue weighted by Crippen LogP contribution is -2.31. The van der Waals surface area contributed by atoms with E-state index in [0.717, 1.165) is 12.8 Å². The van der Waals surface area contributed by atoms with Crippen molar-refractivity contribution in [2.45, 2.75) is 175 Å². The summed E-state index contributed by atoms with van der Waals surface area (Å²) in [6, 6.07) is 0. The van der Waals surface area contributed by atoms with Crippen LogP contribution in [-0.2, 0) is 22.9 Å². The van der Waals surface area contributed by atoms with Crippen LogP contribution in [-0.4, -0.2) is 41.2 Å². The molecule has 0 N–H and O–H groups in total. The smallest absolute Gasteiger partial charge is 0.340 e. The first-order valence-electron chi connectivity index (χ1n) is 15.7. The maximum absolute atomic E-state index is 13.4. The maximum Gasteiger partial charge on any atom is 0.476 e. The van der Waals surface area contributed by atoms with Gasteiger partial charge in [-0.3, -0.25) is 18.4 Å². The third-order valence-corrected chi connectivity index (χ3v) is 9.76. The van der Waals surface area contributed by atoms with Gasteiger partial charge in [0, 0.05) is 19.5 Å². The standard InChI is InChI=1S/C31H60NO5P/c1-8-9-10-11-14-17-21-31(23-24-31)22-18-15-12-13-16-19-28(33)32-25-20-27(26-32)35-38(34,36-29(2,3)4)37-30(5,6)7/h27H,8-26H2,1-7H3/t27-/m1/s1. The molecule has 7 heteroatoms. The van der Waals surface area contributed by atoms with Crippen molar-refractivity contribution >= 4 is 13.7 Å². The van der Waals surface area contributed by atoms with Crippen LogP contribution in [0.1, 0.15) is 158 Å². The third kappa shape index (κ3) is 14.3. The van der Waals surface area contributed by atoms with E-state index in [9.17, 15) is 9.36 Å². The topological polar surface area (TPSA) is 65.1 Å². The Morgan fingerprint density at radius 3 is 1.82 bits per heavy atom. The van der Waals surface area contributed by atoms with Gasteiger partial charge in [-0.05, 0) is 85.5 Å². The van der Waals surface area contributed by atoms with Crippen LogP contribution in [0.5, 0.6) is 0 Å². The first-order valence-corrected chi connectivity index (χ1v) is 17.2. The van der Waals surface area contributed by atoms with Gasteiger partial charge in [0.15, 0.2) is 0 Å². The summed E-state index contributed by atoms with van der Waals surface area (Å²) in [5, 5.41) is 0. The van der Waals surface area contributed by atoms with Crippen LogP contribution in [0.3, 0.4) is 0 Å². The maximum atomic E-state index is 13.4. The van der Waals surface area contributed by atoms with E-state index in [-0.39, 0.29) is 12.0 Å². The number of likely N-dealkylation sites (tertiary alicyclic amines) is 1. The molecular formula is C31H60NO5P. The average molecular weight is 558 g/mol. The Morgan fingerprint density at radius 2 is 1.32 bits per heavy atom. The number of phosphoric acid groups is 1. The van der Waals surface area contributed by atoms with Crippen molar-refractivity contribution < 1.29 is 22.9 Å². The van der Waals surface area contributed by atoms with Crippen LogP contribution in [0, 0.1) is 5.41 Å². The molecule has 1 saturated heterocycles. The molecule has 1 aliphatic carbocycles. The molecule has 0 aromatic carbocycles. The number of unbranched alkanes of at least 4 members (excludes halogenated alkanes) is 9. The molecule has 1 aliphatic heterocycles. The van der Waals surface area contributed by atoms with E-state index >= 15 is 0 Å². The van der Waals surface area contributed by atoms with Crippen molar-refractivity contribution in [2.75, 3.05) is 13.1 Å². The Labute approximate surface area is 234 Å². The molecule has 38 heavy (non-hydrogen) atoms. The lowest BCUT2D eigenvalue weighted by molar-refractivity contribution is -0.130. The molecule has 1 atom stereocenters. The van der Waals surface area contributed by atoms with Crippen LogP contribution >= 0.6 is 7.82 Å². The molecular weight excluding hydrogens is 497 g/mol. The largest absolute Gasteiger partial charge is 0.476 e. The molecule has 2 aliphatic rings. The number of hydrogen-bond donors (Lipinski definition) is 0. The monoisotopic (exact) mass is 557 g/mol. The molecule has 1 amide bonds. The Kier molecular flexibility index (Phi) is 13.8. The normalized spacial score (nSPS) is 19.8. The Balaban J connectivity index is 1.58. The van der Waals surface area contributed by atoms with Gasteiger partial charge in [0.25, 0.3) is 0 Å². The molecule has 2 rings (SSSR count). The summed E-state index contributed by atoms with van der Waals surface area (Å²) < 4.78 is 30.7. The van der Waals surface area contributed by atoms with Crippen molar-refractivity contribution in [1.29, 1.82) is 0 Å². The van der Waals surface area contributed by atoms with Crippen molar-refractivity contribution in [1.82, 2.24) is 4.90 Å². The summed E-state index contributed by atoms with van der Waals surface area (Å²) in [6.07, 6.45) is 21.0. The summed E-state index contributed by atoms with van der Waals surface area (Å²) in [4.78, 5) is 14.6. The predicted octanol–water partition coefficient (Wildman–Crippen LogP) is 9.60. The predicted molar refractivity (Wildman–Crippen MR) is 157 cm³/mol. The van der Waals surface area contributed by atoms with Gasteiger partial charge in [0.05, 0.1) is 17.3 Å². The molecule has 2 fully saturated rings. The summed E-state index contributed by atoms with van der Waals surface area (Å²) in [5.41, 5.74) is -0.626. The van der Waals surface area contributed by atoms with Crippen molar-refractivity contribution in [3.63, 3.8) is 0 Å². The highest BCUT2D eigenvalue weighted by Gasteiger charge is 2.42. The van der Waals surface area contributed by atoms with Crippen LogP contribution in [0.2, 0.25) is 0 Å². The van der Waals surface area contributed by atoms with E-state index < -0.39 is 19.0 Å². The number of nitrogens with zero attached hydrogens (tertiary/aromatic N) is 1. The fourth-order valence-electron chi connectivity index (χ4n) is 5.50. The van der Waals surface area contributed by atoms with Crippen LogP contribution in [0.25, 0.3) is 0 Å². The van der Waals surface area contributed by atoms with Crippen LogP contribution in [0.4, 0.5) is 0 Å². The molecule has 1 heterocycles. The van der Waals surface area contributed by atoms with E-state index in [2.05, 4.69) is 6.92 Å². The quantitative estimate of drug-likeness (QED) is 0.117. The summed E-state index contributed by atoms with van der Waals surface area (Å²) >= 11 is 0. The van der Waals surface area contributed by atoms with Gasteiger partial charge < -0.3 is 4.90 Å². The highest BCUT2D eigenvalue weighted by Crippen LogP contribution is 2.57. The first kappa shape index (κ1) is 33.8. The van der Waals surface area contributed by atoms with Gasteiger partial charge in [-0.15, -0.1) is 0 Å². The van der Waals surface area contributed by atoms with Gasteiger partial charge >= 0.3 is 7.82 Å². The van der Waals surface area contributed by atoms with Gasteiger partial charge in [-0.25, -0.2) is 4.57 Å². The first-order chi connectivity index (χ1) is 17.7. The van der Waals surface area contributed by atoms with E-state index in [4.69, 9.17) is 13.6 Å². The number of hydrogen-bond acceptors (Lipinski definition) is 5. The van der Waals surface area contributed by atoms with Crippen molar-refractivity contribution in [2.24, 2.45) is 5.41 Å². The molecule has 0 radical (unpaired) electrons. The number of phosphoric ester groups is 1. The third-order valence-electron chi connectivity index (χ3n) is 7.66. The number of carbonyl (C=O) groups excluding carboxylic acids is 1. The summed E-state index contributed by atoms with van der Waals surface area (Å²) in [7, 11) is -3.76. The second-order valence-electron chi connectivity index (χ2n) is 14.0. The van der Waals surface area contributed by atoms with Crippen LogP contribution in [0.15, 0.2) is 0 Å². The van der Waals surface area contributed by atoms with E-state index in [1.54, 1.807) is 0 Å². The number of rotatable bonds is 19. The number of amides is 1. The van der Waals surface area contributed by atoms with E-state index in [1.165, 1.54) is 83.5 Å². The molecule has 0 spiro atoms. The molecule has 224 valence electrons. The Bertz CT molecular complexity index is 718. The van der Waals surface area contributed by atoms with Gasteiger partial charge in [-0.1, -0.05) is 71.1 Å². The molecule has 6 nitrogen and oxygen atoms in total. The molecule has 0 aromatic rings. The van der Waals surface area contributed by atoms with Gasteiger partial charge in [0.2, 0.25) is 5.91 Å². The fraction of sp³-hybridized carbons (Fsp3) is 0.968. The Hall–Kier alpha value is -0.420. The lowest BCUT2D eigenvalue weighted by Gasteiger charge is -2.32. The SMILES string of the molecule is CCCCCCCCC1(CCCCCCCC(=O)N2CC[C@@H](OP(=O)(OC(C)(C)C)OC(C)(C)C)C2)CC1. The summed E-state index contributed by atoms with van der Waals surface area (Å²) in [6.45, 7) is 14.4. The minimum Gasteiger partial charge on any atom is -0.340 e. The second-order valence-corrected chi connectivity index (χ2v) is 15.5. The zero-order valence-electron chi connectivity index (χ0n) is 25.9. The molecule has 0 bridgehead atoms. The van der Waals surface area contributed by atoms with E-state index in [1.807, 2.05) is 46.4 Å². The highest BCUT2D eigenvalue weighted by atomic mass is 31.2.